The minimum atomic E-state index is -4.47. The molecule has 4 aromatic rings. The first-order chi connectivity index (χ1) is 20.1. The molecule has 0 amide bonds. The van der Waals surface area contributed by atoms with Crippen molar-refractivity contribution in [2.24, 2.45) is 0 Å². The van der Waals surface area contributed by atoms with E-state index in [4.69, 9.17) is 9.47 Å². The zero-order valence-corrected chi connectivity index (χ0v) is 23.3. The molecule has 0 saturated heterocycles. The van der Waals surface area contributed by atoms with Crippen LogP contribution < -0.4 is 9.47 Å². The van der Waals surface area contributed by atoms with E-state index in [0.29, 0.717) is 11.5 Å². The Morgan fingerprint density at radius 1 is 0.762 bits per heavy atom. The monoisotopic (exact) mass is 572 g/mol. The van der Waals surface area contributed by atoms with Gasteiger partial charge in [-0.1, -0.05) is 68.4 Å². The molecular formula is C35H31F3O4. The van der Waals surface area contributed by atoms with Crippen molar-refractivity contribution >= 4 is 18.0 Å². The number of esters is 2. The molecule has 0 heterocycles. The predicted molar refractivity (Wildman–Crippen MR) is 156 cm³/mol. The fraction of sp³-hybridized carbons (Fsp3) is 0.200. The van der Waals surface area contributed by atoms with Crippen molar-refractivity contribution in [2.75, 3.05) is 0 Å². The summed E-state index contributed by atoms with van der Waals surface area (Å²) < 4.78 is 49.1. The summed E-state index contributed by atoms with van der Waals surface area (Å²) in [5.41, 5.74) is 2.34. The lowest BCUT2D eigenvalue weighted by atomic mass is 9.84. The van der Waals surface area contributed by atoms with E-state index < -0.39 is 23.7 Å². The van der Waals surface area contributed by atoms with Crippen molar-refractivity contribution in [2.45, 2.75) is 44.7 Å². The fourth-order valence-electron chi connectivity index (χ4n) is 4.61. The Morgan fingerprint density at radius 2 is 1.33 bits per heavy atom. The molecule has 7 heteroatoms. The molecule has 0 saturated carbocycles. The third-order valence-corrected chi connectivity index (χ3v) is 7.02. The van der Waals surface area contributed by atoms with Crippen LogP contribution >= 0.6 is 0 Å². The predicted octanol–water partition coefficient (Wildman–Crippen LogP) is 9.23. The lowest BCUT2D eigenvalue weighted by Crippen LogP contribution is -2.10. The van der Waals surface area contributed by atoms with E-state index in [1.807, 2.05) is 54.6 Å². The highest BCUT2D eigenvalue weighted by Gasteiger charge is 2.30. The van der Waals surface area contributed by atoms with Gasteiger partial charge in [0, 0.05) is 6.08 Å². The molecule has 0 aromatic heterocycles. The lowest BCUT2D eigenvalue weighted by molar-refractivity contribution is -0.137. The summed E-state index contributed by atoms with van der Waals surface area (Å²) in [6.45, 7) is 4.25. The van der Waals surface area contributed by atoms with Crippen LogP contribution in [0.2, 0.25) is 0 Å². The van der Waals surface area contributed by atoms with Crippen molar-refractivity contribution in [1.29, 1.82) is 0 Å². The molecule has 4 aromatic carbocycles. The number of rotatable bonds is 10. The Kier molecular flexibility index (Phi) is 9.97. The maximum atomic E-state index is 12.8. The Hall–Kier alpha value is -4.65. The molecule has 4 nitrogen and oxygen atoms in total. The molecule has 42 heavy (non-hydrogen) atoms. The maximum absolute atomic E-state index is 12.8. The first-order valence-corrected chi connectivity index (χ1v) is 13.7. The summed E-state index contributed by atoms with van der Waals surface area (Å²) in [7, 11) is 0. The van der Waals surface area contributed by atoms with E-state index in [2.05, 4.69) is 13.8 Å². The SMILES string of the molecule is CCC(CC(C)c1ccc(OC(=O)c2ccc(C(F)(F)F)cc2)cc1)c1ccc(OC(=O)/C=C/c2ccccc2)cc1. The van der Waals surface area contributed by atoms with Gasteiger partial charge in [0.05, 0.1) is 11.1 Å². The highest BCUT2D eigenvalue weighted by molar-refractivity contribution is 5.91. The van der Waals surface area contributed by atoms with Crippen LogP contribution in [0, 0.1) is 0 Å². The van der Waals surface area contributed by atoms with E-state index in [0.717, 1.165) is 53.8 Å². The molecule has 2 unspecified atom stereocenters. The van der Waals surface area contributed by atoms with Gasteiger partial charge in [-0.05, 0) is 96.0 Å². The number of alkyl halides is 3. The summed E-state index contributed by atoms with van der Waals surface area (Å²) in [5, 5.41) is 0. The summed E-state index contributed by atoms with van der Waals surface area (Å²) in [4.78, 5) is 24.6. The quantitative estimate of drug-likeness (QED) is 0.108. The molecule has 0 fully saturated rings. The van der Waals surface area contributed by atoms with E-state index in [9.17, 15) is 22.8 Å². The van der Waals surface area contributed by atoms with Crippen LogP contribution in [0.4, 0.5) is 13.2 Å². The van der Waals surface area contributed by atoms with Gasteiger partial charge in [-0.25, -0.2) is 9.59 Å². The number of hydrogen-bond donors (Lipinski definition) is 0. The smallest absolute Gasteiger partial charge is 0.416 e. The van der Waals surface area contributed by atoms with Crippen LogP contribution in [0.25, 0.3) is 6.08 Å². The number of carbonyl (C=O) groups is 2. The molecule has 4 rings (SSSR count). The van der Waals surface area contributed by atoms with Gasteiger partial charge >= 0.3 is 18.1 Å². The molecule has 2 atom stereocenters. The van der Waals surface area contributed by atoms with Crippen LogP contribution in [0.5, 0.6) is 11.5 Å². The first kappa shape index (κ1) is 30.3. The molecular weight excluding hydrogens is 541 g/mol. The van der Waals surface area contributed by atoms with Gasteiger partial charge in [0.1, 0.15) is 11.5 Å². The van der Waals surface area contributed by atoms with Crippen LogP contribution in [0.3, 0.4) is 0 Å². The molecule has 0 N–H and O–H groups in total. The average Bonchev–Trinajstić information content (AvgIpc) is 2.99. The number of halogens is 3. The van der Waals surface area contributed by atoms with E-state index >= 15 is 0 Å². The molecule has 0 radical (unpaired) electrons. The second-order valence-electron chi connectivity index (χ2n) is 10.0. The summed E-state index contributed by atoms with van der Waals surface area (Å²) in [6.07, 6.45) is 0.443. The number of carbonyl (C=O) groups excluding carboxylic acids is 2. The van der Waals surface area contributed by atoms with Crippen LogP contribution in [-0.2, 0) is 11.0 Å². The highest BCUT2D eigenvalue weighted by atomic mass is 19.4. The second kappa shape index (κ2) is 13.8. The van der Waals surface area contributed by atoms with Gasteiger partial charge < -0.3 is 9.47 Å². The molecule has 216 valence electrons. The van der Waals surface area contributed by atoms with Crippen LogP contribution in [0.15, 0.2) is 109 Å². The summed E-state index contributed by atoms with van der Waals surface area (Å²) in [6, 6.07) is 28.1. The van der Waals surface area contributed by atoms with Crippen molar-refractivity contribution in [3.63, 3.8) is 0 Å². The average molecular weight is 573 g/mol. The van der Waals surface area contributed by atoms with Crippen molar-refractivity contribution in [3.05, 3.63) is 137 Å². The largest absolute Gasteiger partial charge is 0.423 e. The molecule has 0 aliphatic rings. The second-order valence-corrected chi connectivity index (χ2v) is 10.0. The Morgan fingerprint density at radius 3 is 1.90 bits per heavy atom. The standard InChI is InChI=1S/C35H31F3O4/c1-3-26(28-14-20-31(21-15-28)41-33(39)22-9-25-7-5-4-6-8-25)23-24(2)27-12-18-32(19-13-27)42-34(40)29-10-16-30(17-11-29)35(36,37)38/h4-22,24,26H,3,23H2,1-2H3/b22-9+. The van der Waals surface area contributed by atoms with Crippen molar-refractivity contribution in [1.82, 2.24) is 0 Å². The normalized spacial score (nSPS) is 13.0. The molecule has 0 aliphatic heterocycles. The van der Waals surface area contributed by atoms with Crippen LogP contribution in [0.1, 0.15) is 71.1 Å². The Balaban J connectivity index is 1.31. The number of benzene rings is 4. The van der Waals surface area contributed by atoms with Gasteiger partial charge in [-0.15, -0.1) is 0 Å². The summed E-state index contributed by atoms with van der Waals surface area (Å²) in [5.74, 6) is 0.102. The van der Waals surface area contributed by atoms with E-state index in [1.165, 1.54) is 6.08 Å². The zero-order valence-electron chi connectivity index (χ0n) is 23.3. The van der Waals surface area contributed by atoms with Gasteiger partial charge in [0.2, 0.25) is 0 Å². The third kappa shape index (κ3) is 8.43. The van der Waals surface area contributed by atoms with Crippen molar-refractivity contribution in [3.8, 4) is 11.5 Å². The topological polar surface area (TPSA) is 52.6 Å². The van der Waals surface area contributed by atoms with Gasteiger partial charge in [-0.3, -0.25) is 0 Å². The number of hydrogen-bond acceptors (Lipinski definition) is 4. The fourth-order valence-corrected chi connectivity index (χ4v) is 4.61. The van der Waals surface area contributed by atoms with E-state index in [1.54, 1.807) is 30.3 Å². The molecule has 0 aliphatic carbocycles. The van der Waals surface area contributed by atoms with E-state index in [-0.39, 0.29) is 17.4 Å². The Labute approximate surface area is 243 Å². The zero-order chi connectivity index (χ0) is 30.1. The lowest BCUT2D eigenvalue weighted by Gasteiger charge is -2.21. The van der Waals surface area contributed by atoms with Gasteiger partial charge in [-0.2, -0.15) is 13.2 Å². The highest BCUT2D eigenvalue weighted by Crippen LogP contribution is 2.34. The third-order valence-electron chi connectivity index (χ3n) is 7.02. The number of ether oxygens (including phenoxy) is 2. The first-order valence-electron chi connectivity index (χ1n) is 13.7. The maximum Gasteiger partial charge on any atom is 0.416 e. The summed E-state index contributed by atoms with van der Waals surface area (Å²) >= 11 is 0. The minimum absolute atomic E-state index is 0.0377. The van der Waals surface area contributed by atoms with Crippen LogP contribution in [-0.4, -0.2) is 11.9 Å². The Bertz CT molecular complexity index is 1490. The molecule has 0 bridgehead atoms. The van der Waals surface area contributed by atoms with Gasteiger partial charge in [0.15, 0.2) is 0 Å². The van der Waals surface area contributed by atoms with Crippen molar-refractivity contribution < 1.29 is 32.2 Å². The minimum Gasteiger partial charge on any atom is -0.423 e. The molecule has 0 spiro atoms. The van der Waals surface area contributed by atoms with Gasteiger partial charge in [0.25, 0.3) is 0 Å².